The summed E-state index contributed by atoms with van der Waals surface area (Å²) in [7, 11) is 0. The molecule has 1 rings (SSSR count). The van der Waals surface area contributed by atoms with Crippen LogP contribution in [0.2, 0.25) is 0 Å². The molecule has 0 saturated heterocycles. The first-order chi connectivity index (χ1) is 46.2. The number of hydrogen-bond donors (Lipinski definition) is 16. The van der Waals surface area contributed by atoms with Crippen LogP contribution in [-0.4, -0.2) is 184 Å². The lowest BCUT2D eigenvalue weighted by Gasteiger charge is -2.27. The Balaban J connectivity index is 3.64. The minimum absolute atomic E-state index is 0.00380. The van der Waals surface area contributed by atoms with Crippen molar-refractivity contribution in [1.82, 2.24) is 26.6 Å². The molecule has 0 aliphatic heterocycles. The zero-order valence-corrected chi connectivity index (χ0v) is 59.1. The number of carbonyl (C=O) groups is 12. The second kappa shape index (κ2) is 48.2. The highest BCUT2D eigenvalue weighted by Gasteiger charge is 2.38. The highest BCUT2D eigenvalue weighted by Crippen LogP contribution is 2.25. The summed E-state index contributed by atoms with van der Waals surface area (Å²) in [5.74, 6) is -16.7. The molecular weight excluding hydrogens is 1290 g/mol. The van der Waals surface area contributed by atoms with E-state index in [2.05, 4.69) is 36.6 Å². The van der Waals surface area contributed by atoms with Gasteiger partial charge in [-0.2, -0.15) is 11.8 Å². The third-order valence-electron chi connectivity index (χ3n) is 16.7. The Labute approximate surface area is 580 Å². The Bertz CT molecular complexity index is 2780. The second-order valence-corrected chi connectivity index (χ2v) is 27.2. The van der Waals surface area contributed by atoms with Crippen molar-refractivity contribution in [3.05, 3.63) is 29.8 Å². The van der Waals surface area contributed by atoms with Gasteiger partial charge in [-0.15, -0.1) is 0 Å². The van der Waals surface area contributed by atoms with E-state index in [1.165, 1.54) is 43.0 Å². The third-order valence-corrected chi connectivity index (χ3v) is 17.4. The van der Waals surface area contributed by atoms with E-state index in [9.17, 15) is 78.0 Å². The monoisotopic (exact) mass is 1400 g/mol. The molecule has 0 saturated carbocycles. The summed E-state index contributed by atoms with van der Waals surface area (Å²) < 4.78 is 0. The van der Waals surface area contributed by atoms with Crippen LogP contribution in [0.3, 0.4) is 0 Å². The maximum atomic E-state index is 14.6. The van der Waals surface area contributed by atoms with Gasteiger partial charge in [0.25, 0.3) is 0 Å². The first-order valence-corrected chi connectivity index (χ1v) is 35.3. The number of aliphatic hydroxyl groups excluding tert-OH is 2. The number of aliphatic imine (C=N–C) groups is 2. The number of phenols is 1. The Morgan fingerprint density at radius 2 is 0.908 bits per heavy atom. The van der Waals surface area contributed by atoms with E-state index in [-0.39, 0.29) is 131 Å². The number of aliphatic carboxylic acids is 1. The average Bonchev–Trinajstić information content (AvgIpc) is 0.880. The van der Waals surface area contributed by atoms with Crippen LogP contribution < -0.4 is 66.7 Å². The molecule has 30 nitrogen and oxygen atoms in total. The fourth-order valence-corrected chi connectivity index (χ4v) is 11.5. The number of nitrogens with two attached hydrogens (primary N) is 7. The summed E-state index contributed by atoms with van der Waals surface area (Å²) in [5.41, 5.74) is 39.6. The molecule has 1 aromatic rings. The molecule has 0 bridgehead atoms. The number of amides is 6. The van der Waals surface area contributed by atoms with Crippen molar-refractivity contribution in [2.45, 2.75) is 206 Å². The average molecular weight is 1400 g/mol. The number of benzene rings is 1. The number of primary amides is 1. The summed E-state index contributed by atoms with van der Waals surface area (Å²) in [4.78, 5) is 175. The van der Waals surface area contributed by atoms with Crippen molar-refractivity contribution in [3.8, 4) is 5.75 Å². The number of carbonyl (C=O) groups excluding carboxylic acids is 11. The van der Waals surface area contributed by atoms with Gasteiger partial charge in [0.05, 0.1) is 55.1 Å². The lowest BCUT2D eigenvalue weighted by molar-refractivity contribution is -0.142. The van der Waals surface area contributed by atoms with Crippen LogP contribution in [0.4, 0.5) is 0 Å². The predicted molar refractivity (Wildman–Crippen MR) is 374 cm³/mol. The van der Waals surface area contributed by atoms with E-state index < -0.39 is 169 Å². The molecular formula is C67H114N14O16S. The van der Waals surface area contributed by atoms with Crippen LogP contribution in [0.5, 0.6) is 5.75 Å². The second-order valence-electron chi connectivity index (χ2n) is 26.3. The number of carboxylic acid groups (broad SMARTS) is 1. The van der Waals surface area contributed by atoms with Gasteiger partial charge in [0, 0.05) is 68.9 Å². The third kappa shape index (κ3) is 36.3. The van der Waals surface area contributed by atoms with E-state index in [1.54, 1.807) is 13.2 Å². The summed E-state index contributed by atoms with van der Waals surface area (Å²) >= 11 is 1.30. The maximum Gasteiger partial charge on any atom is 0.305 e. The van der Waals surface area contributed by atoms with Crippen LogP contribution in [0, 0.1) is 47.3 Å². The Kier molecular flexibility index (Phi) is 43.5. The number of aliphatic hydroxyl groups is 2. The Morgan fingerprint density at radius 3 is 1.40 bits per heavy atom. The Morgan fingerprint density at radius 1 is 0.480 bits per heavy atom. The fourth-order valence-electron chi connectivity index (χ4n) is 11.1. The maximum absolute atomic E-state index is 14.6. The number of hydrogen-bond acceptors (Lipinski definition) is 20. The van der Waals surface area contributed by atoms with Crippen LogP contribution in [0.15, 0.2) is 34.3 Å². The molecule has 0 aliphatic carbocycles. The minimum Gasteiger partial charge on any atom is -0.508 e. The molecule has 6 amide bonds. The van der Waals surface area contributed by atoms with Gasteiger partial charge >= 0.3 is 5.97 Å². The van der Waals surface area contributed by atoms with Gasteiger partial charge in [-0.05, 0) is 139 Å². The number of ketones is 5. The summed E-state index contributed by atoms with van der Waals surface area (Å²) in [6.45, 7) is 10.3. The first kappa shape index (κ1) is 88.4. The Hall–Kier alpha value is -7.61. The van der Waals surface area contributed by atoms with Gasteiger partial charge in [0.1, 0.15) is 17.6 Å². The molecule has 554 valence electrons. The first-order valence-electron chi connectivity index (χ1n) is 33.9. The van der Waals surface area contributed by atoms with Gasteiger partial charge in [-0.3, -0.25) is 67.5 Å². The normalized spacial score (nSPS) is 15.0. The van der Waals surface area contributed by atoms with Gasteiger partial charge in [-0.25, -0.2) is 0 Å². The standard InChI is InChI=1S/C67H114N14O16S/c1-38(2)28-45(33-54(85)40(5)14-8-10-23-68)63(95)77-49(17-13-26-76-67(73)74)55(86)34-46(37-82)64(96)78-50(22-27-98-7)58(89)35-48(41(6)83)65(97)80-52(36-59(90)91)57(88)31-43(15-9-11-24-69)61(93)79-51(30-42-18-20-47(84)21-19-42)56(87)32-44(16-12-25-75-66(71)72)62(94)81-53(60(70)92)29-39(3)4/h18-21,38-41,43-46,48-53,82-84H,8-17,22-37,68-69H2,1-7H3,(H2,70,92)(H,77,95)(H,78,96)(H,79,93)(H,80,97)(H,81,94)(H,90,91)(H4,71,72,75)(H4,73,74,76)/t40-,41+,43+,44+,45+,46-,48-,49-,50-,51-,52+,53-/m0/s1. The molecule has 1 aromatic carbocycles. The fraction of sp³-hybridized carbons (Fsp3) is 0.701. The number of nitrogens with zero attached hydrogens (tertiary/aromatic N) is 2. The van der Waals surface area contributed by atoms with Crippen molar-refractivity contribution < 1.29 is 78.0 Å². The number of aromatic hydroxyl groups is 1. The van der Waals surface area contributed by atoms with Crippen LogP contribution >= 0.6 is 11.8 Å². The van der Waals surface area contributed by atoms with Crippen LogP contribution in [0.25, 0.3) is 0 Å². The summed E-state index contributed by atoms with van der Waals surface area (Å²) in [6, 6.07) is -1.20. The lowest BCUT2D eigenvalue weighted by Crippen LogP contribution is -2.51. The van der Waals surface area contributed by atoms with Gasteiger partial charge in [0.2, 0.25) is 35.4 Å². The van der Waals surface area contributed by atoms with Gasteiger partial charge in [-0.1, -0.05) is 59.6 Å². The molecule has 0 aromatic heterocycles. The highest BCUT2D eigenvalue weighted by atomic mass is 32.2. The number of unbranched alkanes of at least 4 members (excludes halogenated alkanes) is 2. The number of phenolic OH excluding ortho intramolecular Hbond substituents is 1. The molecule has 31 heteroatoms. The van der Waals surface area contributed by atoms with Crippen LogP contribution in [0.1, 0.15) is 169 Å². The molecule has 0 radical (unpaired) electrons. The number of Topliss-reactive ketones (excluding diaryl/α,β-unsaturated/α-hetero) is 5. The quantitative estimate of drug-likeness (QED) is 0.0239. The molecule has 98 heavy (non-hydrogen) atoms. The summed E-state index contributed by atoms with van der Waals surface area (Å²) in [6.07, 6.45) is -0.174. The highest BCUT2D eigenvalue weighted by molar-refractivity contribution is 7.98. The lowest BCUT2D eigenvalue weighted by atomic mass is 9.86. The molecule has 12 atom stereocenters. The molecule has 0 heterocycles. The predicted octanol–water partition coefficient (Wildman–Crippen LogP) is 0.415. The zero-order chi connectivity index (χ0) is 74.2. The van der Waals surface area contributed by atoms with E-state index in [0.29, 0.717) is 31.4 Å². The molecule has 0 spiro atoms. The van der Waals surface area contributed by atoms with Gasteiger partial charge < -0.3 is 87.1 Å². The molecule has 0 aliphatic rings. The number of carboxylic acids is 1. The van der Waals surface area contributed by atoms with Crippen molar-refractivity contribution in [1.29, 1.82) is 0 Å². The van der Waals surface area contributed by atoms with Gasteiger partial charge in [0.15, 0.2) is 35.1 Å². The molecule has 23 N–H and O–H groups in total. The van der Waals surface area contributed by atoms with E-state index in [4.69, 9.17) is 40.1 Å². The zero-order valence-electron chi connectivity index (χ0n) is 58.3. The van der Waals surface area contributed by atoms with E-state index >= 15 is 0 Å². The number of guanidine groups is 2. The van der Waals surface area contributed by atoms with Crippen molar-refractivity contribution in [3.63, 3.8) is 0 Å². The van der Waals surface area contributed by atoms with Crippen molar-refractivity contribution in [2.24, 2.45) is 97.5 Å². The van der Waals surface area contributed by atoms with E-state index in [0.717, 1.165) is 12.8 Å². The molecule has 0 fully saturated rings. The summed E-state index contributed by atoms with van der Waals surface area (Å²) in [5, 5.41) is 54.9. The topological polar surface area (TPSA) is 553 Å². The van der Waals surface area contributed by atoms with Crippen molar-refractivity contribution in [2.75, 3.05) is 44.8 Å². The number of thioether (sulfide) groups is 1. The number of rotatable bonds is 55. The SMILES string of the molecule is CSCC[C@H](NC(=O)[C@H](CO)CC(=O)[C@H](CCCN=C(N)N)NC(=O)[C@@H](CC(=O)[C@@H](C)CCCCN)CC(C)C)C(=O)C[C@H](C(=O)N[C@H](CC(=O)O)C(=O)C[C@@H](CCCCN)C(=O)N[C@@H](Cc1ccc(O)cc1)C(=O)C[C@@H](CCCN=C(N)N)C(=O)N[C@@H](CC(C)C)C(N)=O)[C@@H](C)O. The van der Waals surface area contributed by atoms with Crippen LogP contribution in [-0.2, 0) is 64.0 Å². The minimum atomic E-state index is -1.85. The largest absolute Gasteiger partial charge is 0.508 e. The molecule has 0 unspecified atom stereocenters. The van der Waals surface area contributed by atoms with Crippen molar-refractivity contribution >= 4 is 94.0 Å². The van der Waals surface area contributed by atoms with E-state index in [1.807, 2.05) is 27.7 Å². The smallest absolute Gasteiger partial charge is 0.305 e. The number of nitrogens with one attached hydrogen (secondary N) is 5.